The van der Waals surface area contributed by atoms with Crippen LogP contribution in [0.1, 0.15) is 10.4 Å². The number of nitrogens with one attached hydrogen (secondary N) is 1. The predicted octanol–water partition coefficient (Wildman–Crippen LogP) is 4.90. The Labute approximate surface area is 212 Å². The van der Waals surface area contributed by atoms with Gasteiger partial charge in [0.15, 0.2) is 5.82 Å². The lowest BCUT2D eigenvalue weighted by Crippen LogP contribution is -2.09. The molecular formula is C27H21N7O3. The van der Waals surface area contributed by atoms with Crippen LogP contribution in [-0.4, -0.2) is 38.2 Å². The molecule has 0 saturated carbocycles. The Hall–Kier alpha value is -5.38. The molecule has 10 nitrogen and oxygen atoms in total. The molecule has 182 valence electrons. The van der Waals surface area contributed by atoms with Gasteiger partial charge in [-0.1, -0.05) is 30.3 Å². The van der Waals surface area contributed by atoms with E-state index < -0.39 is 5.97 Å². The highest BCUT2D eigenvalue weighted by atomic mass is 16.5. The van der Waals surface area contributed by atoms with Gasteiger partial charge in [-0.3, -0.25) is 0 Å². The van der Waals surface area contributed by atoms with Crippen molar-refractivity contribution < 1.29 is 14.3 Å². The smallest absolute Gasteiger partial charge is 0.341 e. The van der Waals surface area contributed by atoms with E-state index in [1.54, 1.807) is 54.9 Å². The van der Waals surface area contributed by atoms with Gasteiger partial charge >= 0.3 is 5.97 Å². The number of esters is 1. The van der Waals surface area contributed by atoms with Crippen molar-refractivity contribution in [1.29, 1.82) is 0 Å². The van der Waals surface area contributed by atoms with E-state index in [1.165, 1.54) is 7.11 Å². The fourth-order valence-electron chi connectivity index (χ4n) is 3.55. The quantitative estimate of drug-likeness (QED) is 0.302. The number of hydrogen-bond donors (Lipinski definition) is 2. The molecule has 0 fully saturated rings. The fraction of sp³-hybridized carbons (Fsp3) is 0.0370. The summed E-state index contributed by atoms with van der Waals surface area (Å²) in [5.74, 6) is 0.827. The molecule has 0 bridgehead atoms. The largest absolute Gasteiger partial charge is 0.465 e. The van der Waals surface area contributed by atoms with Gasteiger partial charge in [0.1, 0.15) is 11.3 Å². The second-order valence-corrected chi connectivity index (χ2v) is 7.76. The van der Waals surface area contributed by atoms with Gasteiger partial charge in [0.05, 0.1) is 24.1 Å². The van der Waals surface area contributed by atoms with E-state index in [2.05, 4.69) is 30.5 Å². The number of carbonyl (C=O) groups is 1. The van der Waals surface area contributed by atoms with Gasteiger partial charge < -0.3 is 20.5 Å². The highest BCUT2D eigenvalue weighted by molar-refractivity contribution is 5.96. The van der Waals surface area contributed by atoms with Crippen molar-refractivity contribution in [3.63, 3.8) is 0 Å². The Balaban J connectivity index is 1.37. The molecule has 0 spiro atoms. The summed E-state index contributed by atoms with van der Waals surface area (Å²) >= 11 is 0. The molecule has 0 unspecified atom stereocenters. The number of benzene rings is 2. The molecule has 10 heteroatoms. The summed E-state index contributed by atoms with van der Waals surface area (Å²) in [5, 5.41) is 11.6. The van der Waals surface area contributed by atoms with E-state index in [0.717, 1.165) is 5.56 Å². The molecule has 0 aliphatic carbocycles. The Morgan fingerprint density at radius 1 is 0.865 bits per heavy atom. The van der Waals surface area contributed by atoms with E-state index in [0.29, 0.717) is 34.3 Å². The van der Waals surface area contributed by atoms with E-state index in [9.17, 15) is 4.79 Å². The summed E-state index contributed by atoms with van der Waals surface area (Å²) in [5.41, 5.74) is 9.34. The van der Waals surface area contributed by atoms with Gasteiger partial charge in [0, 0.05) is 23.6 Å². The third-order valence-electron chi connectivity index (χ3n) is 5.32. The van der Waals surface area contributed by atoms with Crippen LogP contribution in [0.2, 0.25) is 0 Å². The third kappa shape index (κ3) is 5.33. The number of carbonyl (C=O) groups excluding carboxylic acids is 1. The van der Waals surface area contributed by atoms with Crippen molar-refractivity contribution in [3.05, 3.63) is 96.8 Å². The summed E-state index contributed by atoms with van der Waals surface area (Å²) in [6.45, 7) is 0. The number of pyridine rings is 1. The minimum absolute atomic E-state index is 0.161. The maximum atomic E-state index is 12.5. The summed E-state index contributed by atoms with van der Waals surface area (Å²) in [4.78, 5) is 25.0. The Morgan fingerprint density at radius 2 is 1.68 bits per heavy atom. The van der Waals surface area contributed by atoms with Crippen molar-refractivity contribution in [2.75, 3.05) is 18.2 Å². The predicted molar refractivity (Wildman–Crippen MR) is 138 cm³/mol. The molecule has 3 heterocycles. The van der Waals surface area contributed by atoms with Crippen LogP contribution >= 0.6 is 0 Å². The molecule has 0 radical (unpaired) electrons. The molecule has 3 aromatic heterocycles. The summed E-state index contributed by atoms with van der Waals surface area (Å²) < 4.78 is 11.0. The molecular weight excluding hydrogens is 470 g/mol. The molecule has 0 aliphatic rings. The van der Waals surface area contributed by atoms with E-state index in [-0.39, 0.29) is 17.3 Å². The highest BCUT2D eigenvalue weighted by Gasteiger charge is 2.17. The minimum atomic E-state index is -0.525. The number of methoxy groups -OCH3 is 1. The van der Waals surface area contributed by atoms with Crippen molar-refractivity contribution in [1.82, 2.24) is 25.1 Å². The van der Waals surface area contributed by atoms with Gasteiger partial charge in [-0.15, -0.1) is 10.2 Å². The number of rotatable bonds is 7. The van der Waals surface area contributed by atoms with Crippen LogP contribution in [0.3, 0.4) is 0 Å². The SMILES string of the molecule is COC(=O)c1cc(-c2ccccc2)nnc1Nc1ccc(Oc2ncccc2-c2ccnc(N)n2)cc1. The second-order valence-electron chi connectivity index (χ2n) is 7.76. The number of nitrogen functional groups attached to an aromatic ring is 1. The number of nitrogens with zero attached hydrogens (tertiary/aromatic N) is 5. The van der Waals surface area contributed by atoms with Crippen LogP contribution in [-0.2, 0) is 4.74 Å². The molecule has 5 rings (SSSR count). The monoisotopic (exact) mass is 491 g/mol. The Morgan fingerprint density at radius 3 is 2.43 bits per heavy atom. The number of hydrogen-bond acceptors (Lipinski definition) is 10. The zero-order valence-electron chi connectivity index (χ0n) is 19.7. The number of nitrogens with two attached hydrogens (primary N) is 1. The van der Waals surface area contributed by atoms with Crippen LogP contribution in [0.15, 0.2) is 91.3 Å². The Bertz CT molecular complexity index is 1540. The maximum absolute atomic E-state index is 12.5. The lowest BCUT2D eigenvalue weighted by molar-refractivity contribution is 0.0601. The van der Waals surface area contributed by atoms with Crippen LogP contribution in [0.4, 0.5) is 17.5 Å². The average Bonchev–Trinajstić information content (AvgIpc) is 2.94. The third-order valence-corrected chi connectivity index (χ3v) is 5.32. The maximum Gasteiger partial charge on any atom is 0.341 e. The fourth-order valence-corrected chi connectivity index (χ4v) is 3.55. The van der Waals surface area contributed by atoms with Crippen LogP contribution in [0, 0.1) is 0 Å². The number of aromatic nitrogens is 5. The summed E-state index contributed by atoms with van der Waals surface area (Å²) in [7, 11) is 1.32. The summed E-state index contributed by atoms with van der Waals surface area (Å²) in [6, 6.07) is 23.6. The zero-order valence-corrected chi connectivity index (χ0v) is 19.7. The van der Waals surface area contributed by atoms with Crippen molar-refractivity contribution >= 4 is 23.4 Å². The molecule has 37 heavy (non-hydrogen) atoms. The minimum Gasteiger partial charge on any atom is -0.465 e. The molecule has 3 N–H and O–H groups in total. The molecule has 0 amide bonds. The number of anilines is 3. The van der Waals surface area contributed by atoms with Crippen molar-refractivity contribution in [3.8, 4) is 34.1 Å². The first-order valence-electron chi connectivity index (χ1n) is 11.2. The Kier molecular flexibility index (Phi) is 6.62. The molecule has 2 aromatic carbocycles. The van der Waals surface area contributed by atoms with Crippen molar-refractivity contribution in [2.45, 2.75) is 0 Å². The topological polar surface area (TPSA) is 138 Å². The lowest BCUT2D eigenvalue weighted by Gasteiger charge is -2.12. The van der Waals surface area contributed by atoms with E-state index in [1.807, 2.05) is 36.4 Å². The molecule has 0 saturated heterocycles. The first-order chi connectivity index (χ1) is 18.1. The van der Waals surface area contributed by atoms with Crippen molar-refractivity contribution in [2.24, 2.45) is 0 Å². The van der Waals surface area contributed by atoms with Crippen LogP contribution in [0.5, 0.6) is 11.6 Å². The van der Waals surface area contributed by atoms with Crippen LogP contribution < -0.4 is 15.8 Å². The number of ether oxygens (including phenoxy) is 2. The van der Waals surface area contributed by atoms with E-state index in [4.69, 9.17) is 15.2 Å². The van der Waals surface area contributed by atoms with Gasteiger partial charge in [-0.2, -0.15) is 0 Å². The first kappa shape index (κ1) is 23.4. The molecule has 0 aliphatic heterocycles. The highest BCUT2D eigenvalue weighted by Crippen LogP contribution is 2.31. The van der Waals surface area contributed by atoms with Gasteiger partial charge in [0.2, 0.25) is 11.8 Å². The normalized spacial score (nSPS) is 10.5. The summed E-state index contributed by atoms with van der Waals surface area (Å²) in [6.07, 6.45) is 3.21. The average molecular weight is 492 g/mol. The second kappa shape index (κ2) is 10.5. The van der Waals surface area contributed by atoms with Gasteiger partial charge in [0.25, 0.3) is 0 Å². The standard InChI is InChI=1S/C27H21N7O3/c1-36-26(35)21-16-23(17-6-3-2-4-7-17)33-34-24(21)31-18-9-11-19(12-10-18)37-25-20(8-5-14-29-25)22-13-15-30-27(28)32-22/h2-16H,1H3,(H,31,34)(H2,28,30,32). The lowest BCUT2D eigenvalue weighted by atomic mass is 10.1. The zero-order chi connectivity index (χ0) is 25.6. The van der Waals surface area contributed by atoms with E-state index >= 15 is 0 Å². The van der Waals surface area contributed by atoms with Gasteiger partial charge in [-0.25, -0.2) is 19.7 Å². The van der Waals surface area contributed by atoms with Gasteiger partial charge in [-0.05, 0) is 48.5 Å². The first-order valence-corrected chi connectivity index (χ1v) is 11.2. The molecule has 0 atom stereocenters. The van der Waals surface area contributed by atoms with Crippen LogP contribution in [0.25, 0.3) is 22.5 Å². The molecule has 5 aromatic rings.